The van der Waals surface area contributed by atoms with E-state index in [2.05, 4.69) is 16.8 Å². The van der Waals surface area contributed by atoms with Crippen LogP contribution in [0.3, 0.4) is 0 Å². The molecule has 0 aromatic carbocycles. The number of nitrogens with two attached hydrogens (primary N) is 1. The first-order valence-electron chi connectivity index (χ1n) is 3.86. The highest BCUT2D eigenvalue weighted by Crippen LogP contribution is 2.07. The number of rotatable bonds is 1. The van der Waals surface area contributed by atoms with Crippen molar-refractivity contribution in [1.29, 1.82) is 5.26 Å². The van der Waals surface area contributed by atoms with Crippen LogP contribution >= 0.6 is 0 Å². The van der Waals surface area contributed by atoms with Crippen LogP contribution in [0.1, 0.15) is 17.5 Å². The SMILES string of the molecule is N#Cc1cc(C#CCC=O)cnc1N. The quantitative estimate of drug-likeness (QED) is 0.509. The monoisotopic (exact) mass is 185 g/mol. The zero-order chi connectivity index (χ0) is 10.4. The van der Waals surface area contributed by atoms with Crippen LogP contribution < -0.4 is 5.73 Å². The third kappa shape index (κ3) is 2.33. The molecule has 0 saturated heterocycles. The molecule has 1 aromatic heterocycles. The van der Waals surface area contributed by atoms with Gasteiger partial charge in [-0.3, -0.25) is 0 Å². The number of aldehydes is 1. The maximum absolute atomic E-state index is 9.98. The Morgan fingerprint density at radius 2 is 2.43 bits per heavy atom. The molecule has 0 unspecified atom stereocenters. The fourth-order valence-electron chi connectivity index (χ4n) is 0.828. The van der Waals surface area contributed by atoms with E-state index in [9.17, 15) is 4.79 Å². The molecule has 0 radical (unpaired) electrons. The number of anilines is 1. The normalized spacial score (nSPS) is 8.21. The highest BCUT2D eigenvalue weighted by atomic mass is 16.1. The van der Waals surface area contributed by atoms with E-state index in [4.69, 9.17) is 11.0 Å². The second-order valence-electron chi connectivity index (χ2n) is 2.44. The first kappa shape index (κ1) is 9.76. The summed E-state index contributed by atoms with van der Waals surface area (Å²) in [4.78, 5) is 13.8. The number of hydrogen-bond donors (Lipinski definition) is 1. The lowest BCUT2D eigenvalue weighted by Crippen LogP contribution is -1.94. The number of aromatic nitrogens is 1. The van der Waals surface area contributed by atoms with Gasteiger partial charge in [0.05, 0.1) is 12.0 Å². The molecular formula is C10H7N3O. The van der Waals surface area contributed by atoms with Crippen LogP contribution in [0.25, 0.3) is 0 Å². The van der Waals surface area contributed by atoms with Gasteiger partial charge in [-0.2, -0.15) is 5.26 Å². The summed E-state index contributed by atoms with van der Waals surface area (Å²) in [5.74, 6) is 5.50. The first-order valence-corrected chi connectivity index (χ1v) is 3.86. The lowest BCUT2D eigenvalue weighted by atomic mass is 10.2. The van der Waals surface area contributed by atoms with Crippen LogP contribution in [0, 0.1) is 23.2 Å². The molecule has 4 heteroatoms. The van der Waals surface area contributed by atoms with Gasteiger partial charge in [-0.15, -0.1) is 0 Å². The van der Waals surface area contributed by atoms with E-state index < -0.39 is 0 Å². The largest absolute Gasteiger partial charge is 0.383 e. The van der Waals surface area contributed by atoms with E-state index in [1.165, 1.54) is 6.20 Å². The van der Waals surface area contributed by atoms with Crippen molar-refractivity contribution in [2.45, 2.75) is 6.42 Å². The van der Waals surface area contributed by atoms with Crippen LogP contribution in [-0.2, 0) is 4.79 Å². The Kier molecular flexibility index (Phi) is 3.23. The van der Waals surface area contributed by atoms with Crippen LogP contribution in [-0.4, -0.2) is 11.3 Å². The van der Waals surface area contributed by atoms with Crippen LogP contribution in [0.5, 0.6) is 0 Å². The summed E-state index contributed by atoms with van der Waals surface area (Å²) in [7, 11) is 0. The first-order chi connectivity index (χ1) is 6.77. The molecule has 0 aliphatic carbocycles. The molecule has 0 atom stereocenters. The number of nitriles is 1. The van der Waals surface area contributed by atoms with E-state index >= 15 is 0 Å². The molecule has 1 heterocycles. The Hall–Kier alpha value is -2.33. The van der Waals surface area contributed by atoms with Crippen molar-refractivity contribution in [1.82, 2.24) is 4.98 Å². The zero-order valence-corrected chi connectivity index (χ0v) is 7.32. The van der Waals surface area contributed by atoms with Crippen molar-refractivity contribution in [3.63, 3.8) is 0 Å². The maximum atomic E-state index is 9.98. The Labute approximate surface area is 81.4 Å². The van der Waals surface area contributed by atoms with Gasteiger partial charge in [-0.25, -0.2) is 4.98 Å². The van der Waals surface area contributed by atoms with E-state index in [0.29, 0.717) is 17.4 Å². The Bertz CT molecular complexity index is 449. The van der Waals surface area contributed by atoms with E-state index in [0.717, 1.165) is 0 Å². The summed E-state index contributed by atoms with van der Waals surface area (Å²) < 4.78 is 0. The minimum absolute atomic E-state index is 0.173. The predicted octanol–water partition coefficient (Wildman–Crippen LogP) is 0.476. The fraction of sp³-hybridized carbons (Fsp3) is 0.100. The lowest BCUT2D eigenvalue weighted by Gasteiger charge is -1.95. The third-order valence-electron chi connectivity index (χ3n) is 1.46. The lowest BCUT2D eigenvalue weighted by molar-refractivity contribution is -0.107. The molecule has 14 heavy (non-hydrogen) atoms. The molecule has 68 valence electrons. The van der Waals surface area contributed by atoms with Gasteiger partial charge in [-0.05, 0) is 6.07 Å². The van der Waals surface area contributed by atoms with Crippen molar-refractivity contribution in [2.75, 3.05) is 5.73 Å². The van der Waals surface area contributed by atoms with Gasteiger partial charge in [-0.1, -0.05) is 11.8 Å². The molecule has 4 nitrogen and oxygen atoms in total. The average molecular weight is 185 g/mol. The van der Waals surface area contributed by atoms with Crippen molar-refractivity contribution in [3.8, 4) is 17.9 Å². The molecule has 0 bridgehead atoms. The summed E-state index contributed by atoms with van der Waals surface area (Å²) >= 11 is 0. The molecule has 0 fully saturated rings. The molecule has 2 N–H and O–H groups in total. The van der Waals surface area contributed by atoms with Gasteiger partial charge in [0.25, 0.3) is 0 Å². The smallest absolute Gasteiger partial charge is 0.141 e. The molecule has 0 saturated carbocycles. The average Bonchev–Trinajstić information content (AvgIpc) is 2.21. The predicted molar refractivity (Wildman–Crippen MR) is 50.9 cm³/mol. The summed E-state index contributed by atoms with van der Waals surface area (Å²) in [5.41, 5.74) is 6.29. The Morgan fingerprint density at radius 1 is 1.64 bits per heavy atom. The Morgan fingerprint density at radius 3 is 3.07 bits per heavy atom. The van der Waals surface area contributed by atoms with E-state index in [-0.39, 0.29) is 12.2 Å². The van der Waals surface area contributed by atoms with E-state index in [1.54, 1.807) is 6.07 Å². The second-order valence-corrected chi connectivity index (χ2v) is 2.44. The number of carbonyl (C=O) groups is 1. The van der Waals surface area contributed by atoms with Crippen molar-refractivity contribution in [2.24, 2.45) is 0 Å². The van der Waals surface area contributed by atoms with Gasteiger partial charge in [0.2, 0.25) is 0 Å². The standard InChI is InChI=1S/C10H7N3O/c11-6-9-5-8(3-1-2-4-14)7-13-10(9)12/h4-5,7H,2H2,(H2,12,13). The number of carbonyl (C=O) groups excluding carboxylic acids is 1. The topological polar surface area (TPSA) is 79.8 Å². The molecule has 0 aliphatic rings. The van der Waals surface area contributed by atoms with Gasteiger partial charge >= 0.3 is 0 Å². The molecule has 1 aromatic rings. The van der Waals surface area contributed by atoms with Gasteiger partial charge in [0.15, 0.2) is 0 Å². The summed E-state index contributed by atoms with van der Waals surface area (Å²) in [5, 5.41) is 8.64. The summed E-state index contributed by atoms with van der Waals surface area (Å²) in [6.45, 7) is 0. The van der Waals surface area contributed by atoms with Crippen LogP contribution in [0.2, 0.25) is 0 Å². The minimum Gasteiger partial charge on any atom is -0.383 e. The highest BCUT2D eigenvalue weighted by molar-refractivity contribution is 5.56. The Balaban J connectivity index is 2.98. The molecule has 0 aliphatic heterocycles. The van der Waals surface area contributed by atoms with Crippen LogP contribution in [0.15, 0.2) is 12.3 Å². The van der Waals surface area contributed by atoms with E-state index in [1.807, 2.05) is 6.07 Å². The summed E-state index contributed by atoms with van der Waals surface area (Å²) in [6.07, 6.45) is 2.35. The van der Waals surface area contributed by atoms with Gasteiger partial charge in [0, 0.05) is 11.8 Å². The number of nitrogens with zero attached hydrogens (tertiary/aromatic N) is 2. The fourth-order valence-corrected chi connectivity index (χ4v) is 0.828. The second kappa shape index (κ2) is 4.64. The number of pyridine rings is 1. The zero-order valence-electron chi connectivity index (χ0n) is 7.32. The number of hydrogen-bond acceptors (Lipinski definition) is 4. The third-order valence-corrected chi connectivity index (χ3v) is 1.46. The van der Waals surface area contributed by atoms with Gasteiger partial charge in [0.1, 0.15) is 18.2 Å². The number of nitrogen functional groups attached to an aromatic ring is 1. The minimum atomic E-state index is 0.173. The summed E-state index contributed by atoms with van der Waals surface area (Å²) in [6, 6.07) is 3.44. The molecular weight excluding hydrogens is 178 g/mol. The van der Waals surface area contributed by atoms with Crippen LogP contribution in [0.4, 0.5) is 5.82 Å². The van der Waals surface area contributed by atoms with Crippen molar-refractivity contribution in [3.05, 3.63) is 23.4 Å². The molecule has 0 amide bonds. The maximum Gasteiger partial charge on any atom is 0.141 e. The highest BCUT2D eigenvalue weighted by Gasteiger charge is 1.98. The molecule has 0 spiro atoms. The van der Waals surface area contributed by atoms with Crippen molar-refractivity contribution >= 4 is 12.1 Å². The van der Waals surface area contributed by atoms with Crippen molar-refractivity contribution < 1.29 is 4.79 Å². The van der Waals surface area contributed by atoms with Gasteiger partial charge < -0.3 is 10.5 Å². The molecule has 1 rings (SSSR count).